The zero-order chi connectivity index (χ0) is 14.8. The van der Waals surface area contributed by atoms with Crippen LogP contribution in [0.25, 0.3) is 5.78 Å². The standard InChI is InChI=1S/C14H14ClN5O/c1-3-21-11-6-4-10(5-7-11)18-13-9(2)12(15)19-14-16-8-17-20(13)14/h4-8,18H,3H2,1-2H3. The fourth-order valence-corrected chi connectivity index (χ4v) is 2.15. The second-order valence-corrected chi connectivity index (χ2v) is 4.79. The molecule has 3 rings (SSSR count). The lowest BCUT2D eigenvalue weighted by atomic mass is 10.3. The second-order valence-electron chi connectivity index (χ2n) is 4.43. The van der Waals surface area contributed by atoms with Gasteiger partial charge in [0.05, 0.1) is 6.61 Å². The number of benzene rings is 1. The van der Waals surface area contributed by atoms with Gasteiger partial charge in [0, 0.05) is 11.3 Å². The Hall–Kier alpha value is -2.34. The molecule has 7 heteroatoms. The molecule has 0 bridgehead atoms. The van der Waals surface area contributed by atoms with Crippen LogP contribution in [0.5, 0.6) is 5.75 Å². The molecule has 108 valence electrons. The number of anilines is 2. The van der Waals surface area contributed by atoms with Crippen molar-refractivity contribution in [3.05, 3.63) is 41.3 Å². The average Bonchev–Trinajstić information content (AvgIpc) is 2.94. The highest BCUT2D eigenvalue weighted by atomic mass is 35.5. The molecule has 0 aliphatic heterocycles. The predicted molar refractivity (Wildman–Crippen MR) is 81.4 cm³/mol. The van der Waals surface area contributed by atoms with Crippen LogP contribution in [0.2, 0.25) is 5.15 Å². The van der Waals surface area contributed by atoms with Crippen molar-refractivity contribution in [2.24, 2.45) is 0 Å². The van der Waals surface area contributed by atoms with Gasteiger partial charge in [-0.3, -0.25) is 0 Å². The quantitative estimate of drug-likeness (QED) is 0.750. The fourth-order valence-electron chi connectivity index (χ4n) is 1.98. The smallest absolute Gasteiger partial charge is 0.255 e. The molecule has 0 saturated carbocycles. The summed E-state index contributed by atoms with van der Waals surface area (Å²) in [7, 11) is 0. The normalized spacial score (nSPS) is 10.8. The van der Waals surface area contributed by atoms with Crippen molar-refractivity contribution in [1.82, 2.24) is 19.6 Å². The third-order valence-corrected chi connectivity index (χ3v) is 3.40. The third kappa shape index (κ3) is 2.62. The summed E-state index contributed by atoms with van der Waals surface area (Å²) < 4.78 is 7.05. The summed E-state index contributed by atoms with van der Waals surface area (Å²) in [6.07, 6.45) is 1.45. The maximum absolute atomic E-state index is 6.13. The van der Waals surface area contributed by atoms with Crippen LogP contribution in [0.1, 0.15) is 12.5 Å². The number of nitrogens with one attached hydrogen (secondary N) is 1. The number of fused-ring (bicyclic) bond motifs is 1. The van der Waals surface area contributed by atoms with E-state index in [1.54, 1.807) is 4.52 Å². The topological polar surface area (TPSA) is 64.3 Å². The Bertz CT molecular complexity index is 769. The van der Waals surface area contributed by atoms with E-state index in [9.17, 15) is 0 Å². The van der Waals surface area contributed by atoms with Crippen molar-refractivity contribution < 1.29 is 4.74 Å². The second kappa shape index (κ2) is 5.57. The highest BCUT2D eigenvalue weighted by Gasteiger charge is 2.12. The summed E-state index contributed by atoms with van der Waals surface area (Å²) in [4.78, 5) is 8.23. The first-order valence-corrected chi connectivity index (χ1v) is 6.92. The van der Waals surface area contributed by atoms with E-state index in [4.69, 9.17) is 16.3 Å². The molecule has 0 radical (unpaired) electrons. The summed E-state index contributed by atoms with van der Waals surface area (Å²) in [6, 6.07) is 7.67. The van der Waals surface area contributed by atoms with Crippen molar-refractivity contribution >= 4 is 28.9 Å². The van der Waals surface area contributed by atoms with Crippen molar-refractivity contribution in [3.63, 3.8) is 0 Å². The Morgan fingerprint density at radius 2 is 2.05 bits per heavy atom. The van der Waals surface area contributed by atoms with Crippen LogP contribution < -0.4 is 10.1 Å². The molecule has 0 aliphatic carbocycles. The van der Waals surface area contributed by atoms with E-state index in [2.05, 4.69) is 20.4 Å². The lowest BCUT2D eigenvalue weighted by Crippen LogP contribution is -2.05. The predicted octanol–water partition coefficient (Wildman–Crippen LogP) is 3.23. The van der Waals surface area contributed by atoms with Gasteiger partial charge >= 0.3 is 0 Å². The Balaban J connectivity index is 1.97. The number of rotatable bonds is 4. The molecule has 1 aromatic carbocycles. The maximum Gasteiger partial charge on any atom is 0.255 e. The number of hydrogen-bond acceptors (Lipinski definition) is 5. The molecule has 0 aliphatic rings. The van der Waals surface area contributed by atoms with Gasteiger partial charge < -0.3 is 10.1 Å². The molecule has 21 heavy (non-hydrogen) atoms. The molecule has 0 unspecified atom stereocenters. The Kier molecular flexibility index (Phi) is 3.62. The number of hydrogen-bond donors (Lipinski definition) is 1. The van der Waals surface area contributed by atoms with E-state index in [-0.39, 0.29) is 0 Å². The van der Waals surface area contributed by atoms with Gasteiger partial charge in [-0.1, -0.05) is 11.6 Å². The van der Waals surface area contributed by atoms with E-state index in [1.165, 1.54) is 6.33 Å². The SMILES string of the molecule is CCOc1ccc(Nc2c(C)c(Cl)nc3ncnn23)cc1. The van der Waals surface area contributed by atoms with Crippen LogP contribution >= 0.6 is 11.6 Å². The van der Waals surface area contributed by atoms with E-state index in [0.717, 1.165) is 22.8 Å². The Morgan fingerprint density at radius 3 is 2.76 bits per heavy atom. The van der Waals surface area contributed by atoms with Crippen LogP contribution in [-0.4, -0.2) is 26.2 Å². The van der Waals surface area contributed by atoms with E-state index in [0.29, 0.717) is 17.5 Å². The molecule has 0 atom stereocenters. The first-order chi connectivity index (χ1) is 10.2. The summed E-state index contributed by atoms with van der Waals surface area (Å²) in [5, 5.41) is 7.86. The molecule has 0 saturated heterocycles. The monoisotopic (exact) mass is 303 g/mol. The molecular weight excluding hydrogens is 290 g/mol. The molecule has 0 spiro atoms. The van der Waals surface area contributed by atoms with Crippen LogP contribution in [0.4, 0.5) is 11.5 Å². The van der Waals surface area contributed by atoms with Gasteiger partial charge in [0.15, 0.2) is 0 Å². The Labute approximate surface area is 126 Å². The third-order valence-electron chi connectivity index (χ3n) is 3.03. The van der Waals surface area contributed by atoms with Gasteiger partial charge in [-0.2, -0.15) is 19.6 Å². The molecular formula is C14H14ClN5O. The fraction of sp³-hybridized carbons (Fsp3) is 0.214. The minimum atomic E-state index is 0.406. The van der Waals surface area contributed by atoms with Crippen molar-refractivity contribution in [1.29, 1.82) is 0 Å². The first-order valence-electron chi connectivity index (χ1n) is 6.54. The van der Waals surface area contributed by atoms with Crippen LogP contribution in [0.15, 0.2) is 30.6 Å². The van der Waals surface area contributed by atoms with Crippen LogP contribution in [0, 0.1) is 6.92 Å². The molecule has 6 nitrogen and oxygen atoms in total. The zero-order valence-electron chi connectivity index (χ0n) is 11.7. The number of halogens is 1. The van der Waals surface area contributed by atoms with Gasteiger partial charge in [-0.05, 0) is 38.1 Å². The van der Waals surface area contributed by atoms with Gasteiger partial charge in [0.1, 0.15) is 23.0 Å². The molecule has 1 N–H and O–H groups in total. The summed E-state index contributed by atoms with van der Waals surface area (Å²) in [5.41, 5.74) is 1.71. The molecule has 3 aromatic rings. The zero-order valence-corrected chi connectivity index (χ0v) is 12.4. The highest BCUT2D eigenvalue weighted by Crippen LogP contribution is 2.26. The number of nitrogens with zero attached hydrogens (tertiary/aromatic N) is 4. The molecule has 2 heterocycles. The number of ether oxygens (including phenoxy) is 1. The summed E-state index contributed by atoms with van der Waals surface area (Å²) in [6.45, 7) is 4.48. The molecule has 0 fully saturated rings. The molecule has 2 aromatic heterocycles. The van der Waals surface area contributed by atoms with Crippen molar-refractivity contribution in [2.75, 3.05) is 11.9 Å². The first kappa shape index (κ1) is 13.6. The number of aromatic nitrogens is 4. The Morgan fingerprint density at radius 1 is 1.29 bits per heavy atom. The lowest BCUT2D eigenvalue weighted by molar-refractivity contribution is 0.340. The summed E-state index contributed by atoms with van der Waals surface area (Å²) in [5.74, 6) is 2.03. The van der Waals surface area contributed by atoms with Gasteiger partial charge in [0.25, 0.3) is 5.78 Å². The average molecular weight is 304 g/mol. The largest absolute Gasteiger partial charge is 0.494 e. The van der Waals surface area contributed by atoms with Crippen LogP contribution in [0.3, 0.4) is 0 Å². The van der Waals surface area contributed by atoms with Crippen LogP contribution in [-0.2, 0) is 0 Å². The van der Waals surface area contributed by atoms with Gasteiger partial charge in [0.2, 0.25) is 0 Å². The summed E-state index contributed by atoms with van der Waals surface area (Å²) >= 11 is 6.13. The minimum absolute atomic E-state index is 0.406. The minimum Gasteiger partial charge on any atom is -0.494 e. The van der Waals surface area contributed by atoms with Gasteiger partial charge in [-0.25, -0.2) is 0 Å². The van der Waals surface area contributed by atoms with E-state index >= 15 is 0 Å². The highest BCUT2D eigenvalue weighted by molar-refractivity contribution is 6.30. The van der Waals surface area contributed by atoms with Gasteiger partial charge in [-0.15, -0.1) is 0 Å². The lowest BCUT2D eigenvalue weighted by Gasteiger charge is -2.12. The maximum atomic E-state index is 6.13. The van der Waals surface area contributed by atoms with Crippen molar-refractivity contribution in [3.8, 4) is 5.75 Å². The van der Waals surface area contributed by atoms with E-state index < -0.39 is 0 Å². The van der Waals surface area contributed by atoms with Crippen molar-refractivity contribution in [2.45, 2.75) is 13.8 Å². The van der Waals surface area contributed by atoms with E-state index in [1.807, 2.05) is 38.1 Å². The molecule has 0 amide bonds.